The Bertz CT molecular complexity index is 1640. The number of likely N-dealkylation sites (N-methyl/N-ethyl adjacent to an activating group) is 1. The zero-order valence-electron chi connectivity index (χ0n) is 26.8. The molecule has 3 aromatic rings. The number of amides is 3. The van der Waals surface area contributed by atoms with Crippen molar-refractivity contribution in [2.24, 2.45) is 0 Å². The largest absolute Gasteiger partial charge is 0.464 e. The fourth-order valence-electron chi connectivity index (χ4n) is 7.07. The highest BCUT2D eigenvalue weighted by molar-refractivity contribution is 6.13. The molecule has 1 N–H and O–H groups in total. The van der Waals surface area contributed by atoms with Gasteiger partial charge in [-0.3, -0.25) is 14.8 Å². The second-order valence-electron chi connectivity index (χ2n) is 13.7. The minimum atomic E-state index is -1.42. The summed E-state index contributed by atoms with van der Waals surface area (Å²) in [7, 11) is 1.81. The summed E-state index contributed by atoms with van der Waals surface area (Å²) in [6, 6.07) is 7.59. The number of rotatable bonds is 7. The van der Waals surface area contributed by atoms with E-state index in [2.05, 4.69) is 9.88 Å². The lowest BCUT2D eigenvalue weighted by Crippen LogP contribution is -2.43. The van der Waals surface area contributed by atoms with Gasteiger partial charge in [0.2, 0.25) is 5.91 Å². The summed E-state index contributed by atoms with van der Waals surface area (Å²) in [6.07, 6.45) is 9.84. The molecule has 1 aliphatic carbocycles. The minimum absolute atomic E-state index is 0.117. The van der Waals surface area contributed by atoms with Crippen LogP contribution in [0.1, 0.15) is 83.4 Å². The van der Waals surface area contributed by atoms with Gasteiger partial charge in [-0.25, -0.2) is 9.59 Å². The number of carboxylic acid groups (broad SMARTS) is 1. The van der Waals surface area contributed by atoms with Crippen molar-refractivity contribution in [3.05, 3.63) is 47.9 Å². The monoisotopic (exact) mass is 613 g/mol. The molecule has 1 saturated carbocycles. The first kappa shape index (κ1) is 31.0. The molecule has 0 unspecified atom stereocenters. The van der Waals surface area contributed by atoms with Gasteiger partial charge >= 0.3 is 12.2 Å². The third-order valence-corrected chi connectivity index (χ3v) is 9.48. The van der Waals surface area contributed by atoms with Gasteiger partial charge in [0.1, 0.15) is 5.60 Å². The Morgan fingerprint density at radius 2 is 1.76 bits per heavy atom. The van der Waals surface area contributed by atoms with Gasteiger partial charge in [-0.05, 0) is 109 Å². The summed E-state index contributed by atoms with van der Waals surface area (Å²) in [4.78, 5) is 53.5. The average molecular weight is 614 g/mol. The highest BCUT2D eigenvalue weighted by Gasteiger charge is 2.54. The molecule has 0 radical (unpaired) electrons. The Kier molecular flexibility index (Phi) is 8.28. The molecular weight excluding hydrogens is 570 g/mol. The first-order valence-electron chi connectivity index (χ1n) is 16.2. The maximum absolute atomic E-state index is 13.3. The lowest BCUT2D eigenvalue weighted by molar-refractivity contribution is -0.125. The number of carbonyl (C=O) groups is 3. The molecule has 3 amide bonds. The molecular formula is C35H43N5O5. The maximum Gasteiger partial charge on any atom is 0.424 e. The number of ether oxygens (including phenoxy) is 1. The van der Waals surface area contributed by atoms with Crippen LogP contribution in [0.2, 0.25) is 0 Å². The Morgan fingerprint density at radius 3 is 2.42 bits per heavy atom. The number of hydrogen-bond acceptors (Lipinski definition) is 7. The zero-order chi connectivity index (χ0) is 31.9. The van der Waals surface area contributed by atoms with Gasteiger partial charge in [-0.1, -0.05) is 18.9 Å². The summed E-state index contributed by atoms with van der Waals surface area (Å²) < 4.78 is 5.52. The summed E-state index contributed by atoms with van der Waals surface area (Å²) in [5, 5.41) is 11.2. The first-order valence-corrected chi connectivity index (χ1v) is 16.2. The van der Waals surface area contributed by atoms with Crippen molar-refractivity contribution in [2.45, 2.75) is 89.6 Å². The highest BCUT2D eigenvalue weighted by Crippen LogP contribution is 2.55. The van der Waals surface area contributed by atoms with Crippen molar-refractivity contribution in [3.8, 4) is 11.1 Å². The molecule has 1 saturated heterocycles. The predicted octanol–water partition coefficient (Wildman–Crippen LogP) is 6.92. The van der Waals surface area contributed by atoms with Crippen LogP contribution in [0.5, 0.6) is 0 Å². The quantitative estimate of drug-likeness (QED) is 0.286. The average Bonchev–Trinajstić information content (AvgIpc) is 3.22. The van der Waals surface area contributed by atoms with Gasteiger partial charge in [0.05, 0.1) is 34.2 Å². The van der Waals surface area contributed by atoms with E-state index in [1.165, 1.54) is 19.3 Å². The summed E-state index contributed by atoms with van der Waals surface area (Å²) in [5.41, 5.74) is 3.47. The highest BCUT2D eigenvalue weighted by atomic mass is 16.6. The number of piperidine rings is 1. The van der Waals surface area contributed by atoms with Gasteiger partial charge < -0.3 is 19.6 Å². The van der Waals surface area contributed by atoms with Crippen molar-refractivity contribution in [3.63, 3.8) is 0 Å². The van der Waals surface area contributed by atoms with Gasteiger partial charge in [-0.15, -0.1) is 0 Å². The minimum Gasteiger partial charge on any atom is -0.464 e. The fourth-order valence-corrected chi connectivity index (χ4v) is 7.07. The van der Waals surface area contributed by atoms with Crippen LogP contribution in [0.15, 0.2) is 36.7 Å². The number of unbranched alkanes of at least 4 members (excludes halogenated alkanes) is 1. The van der Waals surface area contributed by atoms with Crippen LogP contribution in [-0.4, -0.2) is 70.4 Å². The molecule has 2 aliphatic heterocycles. The standard InChI is InChI=1S/C35H43N5O5/c1-34(2,3)45-33(44)40(32(42)43)28-20-24(21-36-27(28)11-6-9-18-39-16-7-5-8-17-39)23-12-13-26-25(19-23)30-29(22-37-26)38(4)31(41)35(30)14-10-15-35/h12-13,19-22H,5-11,14-18H2,1-4H3,(H,42,43). The molecule has 45 heavy (non-hydrogen) atoms. The number of pyridine rings is 2. The second kappa shape index (κ2) is 12.0. The maximum atomic E-state index is 13.3. The first-order chi connectivity index (χ1) is 21.5. The number of aryl methyl sites for hydroxylation is 1. The van der Waals surface area contributed by atoms with Crippen LogP contribution < -0.4 is 9.80 Å². The van der Waals surface area contributed by atoms with E-state index in [4.69, 9.17) is 9.72 Å². The lowest BCUT2D eigenvalue weighted by atomic mass is 9.64. The van der Waals surface area contributed by atoms with Crippen LogP contribution >= 0.6 is 0 Å². The molecule has 3 aliphatic rings. The van der Waals surface area contributed by atoms with Gasteiger partial charge in [0.25, 0.3) is 0 Å². The van der Waals surface area contributed by atoms with Crippen molar-refractivity contribution >= 4 is 40.4 Å². The second-order valence-corrected chi connectivity index (χ2v) is 13.7. The summed E-state index contributed by atoms with van der Waals surface area (Å²) in [5.74, 6) is 0.117. The number of nitrogens with zero attached hydrogens (tertiary/aromatic N) is 5. The van der Waals surface area contributed by atoms with Crippen molar-refractivity contribution in [1.82, 2.24) is 14.9 Å². The fraction of sp³-hybridized carbons (Fsp3) is 0.514. The zero-order valence-corrected chi connectivity index (χ0v) is 26.8. The van der Waals surface area contributed by atoms with Gasteiger partial charge in [-0.2, -0.15) is 4.90 Å². The molecule has 10 heteroatoms. The molecule has 4 heterocycles. The SMILES string of the molecule is CN1C(=O)C2(CCC2)c2c1cnc1ccc(-c3cnc(CCCCN4CCCCC4)c(N(C(=O)O)C(=O)OC(C)(C)C)c3)cc21. The van der Waals surface area contributed by atoms with E-state index < -0.39 is 23.2 Å². The molecule has 0 bridgehead atoms. The van der Waals surface area contributed by atoms with Gasteiger partial charge in [0.15, 0.2) is 0 Å². The normalized spacial score (nSPS) is 17.8. The number of aromatic nitrogens is 2. The smallest absolute Gasteiger partial charge is 0.424 e. The number of benzene rings is 1. The van der Waals surface area contributed by atoms with E-state index in [1.807, 2.05) is 25.2 Å². The Balaban J connectivity index is 1.37. The summed E-state index contributed by atoms with van der Waals surface area (Å²) in [6.45, 7) is 8.37. The Hall–Kier alpha value is -4.05. The molecule has 6 rings (SSSR count). The van der Waals surface area contributed by atoms with Crippen LogP contribution in [0.25, 0.3) is 22.0 Å². The molecule has 10 nitrogen and oxygen atoms in total. The van der Waals surface area contributed by atoms with Crippen molar-refractivity contribution in [1.29, 1.82) is 0 Å². The molecule has 1 aromatic carbocycles. The van der Waals surface area contributed by atoms with Gasteiger partial charge in [0, 0.05) is 29.8 Å². The molecule has 238 valence electrons. The predicted molar refractivity (Wildman–Crippen MR) is 174 cm³/mol. The molecule has 2 fully saturated rings. The third-order valence-electron chi connectivity index (χ3n) is 9.48. The number of likely N-dealkylation sites (tertiary alicyclic amines) is 1. The number of carbonyl (C=O) groups excluding carboxylic acids is 2. The Labute approximate surface area is 264 Å². The third kappa shape index (κ3) is 5.88. The molecule has 0 atom stereocenters. The van der Waals surface area contributed by atoms with E-state index in [1.54, 1.807) is 44.1 Å². The number of fused-ring (bicyclic) bond motifs is 4. The van der Waals surface area contributed by atoms with Crippen LogP contribution in [0, 0.1) is 0 Å². The number of anilines is 2. The van der Waals surface area contributed by atoms with Crippen molar-refractivity contribution < 1.29 is 24.2 Å². The van der Waals surface area contributed by atoms with E-state index >= 15 is 0 Å². The van der Waals surface area contributed by atoms with E-state index in [0.29, 0.717) is 22.6 Å². The van der Waals surface area contributed by atoms with Crippen molar-refractivity contribution in [2.75, 3.05) is 36.5 Å². The molecule has 1 spiro atoms. The number of hydrogen-bond donors (Lipinski definition) is 1. The van der Waals surface area contributed by atoms with Crippen LogP contribution in [0.4, 0.5) is 21.0 Å². The number of imide groups is 1. The topological polar surface area (TPSA) is 116 Å². The lowest BCUT2D eigenvalue weighted by Gasteiger charge is -2.37. The van der Waals surface area contributed by atoms with E-state index in [0.717, 1.165) is 79.5 Å². The van der Waals surface area contributed by atoms with Crippen LogP contribution in [-0.2, 0) is 21.4 Å². The van der Waals surface area contributed by atoms with E-state index in [9.17, 15) is 19.5 Å². The van der Waals surface area contributed by atoms with E-state index in [-0.39, 0.29) is 11.6 Å². The summed E-state index contributed by atoms with van der Waals surface area (Å²) >= 11 is 0. The van der Waals surface area contributed by atoms with Crippen LogP contribution in [0.3, 0.4) is 0 Å². The Morgan fingerprint density at radius 1 is 1.00 bits per heavy atom. The molecule has 2 aromatic heterocycles.